The largest absolute Gasteiger partial charge is 0.373 e. The van der Waals surface area contributed by atoms with Crippen molar-refractivity contribution in [2.45, 2.75) is 58.0 Å². The highest BCUT2D eigenvalue weighted by molar-refractivity contribution is 5.92. The van der Waals surface area contributed by atoms with E-state index < -0.39 is 18.0 Å². The fourth-order valence-electron chi connectivity index (χ4n) is 4.18. The number of H-pyrrole nitrogens is 1. The Labute approximate surface area is 197 Å². The van der Waals surface area contributed by atoms with Gasteiger partial charge in [-0.25, -0.2) is 24.1 Å². The van der Waals surface area contributed by atoms with E-state index in [1.54, 1.807) is 18.5 Å². The van der Waals surface area contributed by atoms with Crippen molar-refractivity contribution < 1.29 is 13.9 Å². The van der Waals surface area contributed by atoms with Crippen LogP contribution < -0.4 is 10.6 Å². The van der Waals surface area contributed by atoms with Crippen molar-refractivity contribution in [3.05, 3.63) is 35.7 Å². The number of ether oxygens (including phenoxy) is 1. The summed E-state index contributed by atoms with van der Waals surface area (Å²) in [7, 11) is 0. The zero-order valence-electron chi connectivity index (χ0n) is 19.3. The first kappa shape index (κ1) is 23.6. The molecule has 2 atom stereocenters. The number of hydrogen-bond acceptors (Lipinski definition) is 6. The summed E-state index contributed by atoms with van der Waals surface area (Å²) in [5.74, 6) is 0.577. The first-order valence-corrected chi connectivity index (χ1v) is 11.6. The SMILES string of the molecule is CCNC(=O)Nc1nc2c(C3CCCO3)c(F)c(-c3cnc(C(C)CCCC#N)nc3)cc2[nH]1. The van der Waals surface area contributed by atoms with Crippen LogP contribution in [0.25, 0.3) is 22.2 Å². The summed E-state index contributed by atoms with van der Waals surface area (Å²) in [4.78, 5) is 28.4. The summed E-state index contributed by atoms with van der Waals surface area (Å²) in [6.45, 7) is 4.86. The van der Waals surface area contributed by atoms with Gasteiger partial charge in [-0.05, 0) is 38.7 Å². The van der Waals surface area contributed by atoms with Gasteiger partial charge in [0.1, 0.15) is 11.6 Å². The van der Waals surface area contributed by atoms with Gasteiger partial charge in [0.15, 0.2) is 0 Å². The first-order chi connectivity index (χ1) is 16.5. The standard InChI is InChI=1S/C24H28FN7O2/c1-3-27-24(33)32-23-30-17-11-16(20(25)19(21(17)31-23)18-8-6-10-34-18)15-12-28-22(29-13-15)14(2)7-4-5-9-26/h11-14,18H,3-8,10H2,1-2H3,(H3,27,30,31,32,33). The van der Waals surface area contributed by atoms with Gasteiger partial charge >= 0.3 is 6.03 Å². The number of imidazole rings is 1. The van der Waals surface area contributed by atoms with E-state index in [0.717, 1.165) is 19.3 Å². The molecule has 0 aliphatic carbocycles. The molecule has 178 valence electrons. The quantitative estimate of drug-likeness (QED) is 0.404. The van der Waals surface area contributed by atoms with E-state index in [0.29, 0.717) is 59.5 Å². The smallest absolute Gasteiger partial charge is 0.321 e. The lowest BCUT2D eigenvalue weighted by molar-refractivity contribution is 0.110. The molecule has 4 rings (SSSR count). The van der Waals surface area contributed by atoms with Gasteiger partial charge in [-0.3, -0.25) is 5.32 Å². The Hall–Kier alpha value is -3.58. The lowest BCUT2D eigenvalue weighted by Gasteiger charge is -2.15. The number of nitriles is 1. The van der Waals surface area contributed by atoms with Gasteiger partial charge < -0.3 is 15.0 Å². The fourth-order valence-corrected chi connectivity index (χ4v) is 4.18. The van der Waals surface area contributed by atoms with E-state index >= 15 is 4.39 Å². The van der Waals surface area contributed by atoms with Gasteiger partial charge in [-0.1, -0.05) is 6.92 Å². The van der Waals surface area contributed by atoms with E-state index in [4.69, 9.17) is 10.00 Å². The Morgan fingerprint density at radius 1 is 1.41 bits per heavy atom. The van der Waals surface area contributed by atoms with Gasteiger partial charge in [-0.15, -0.1) is 0 Å². The van der Waals surface area contributed by atoms with Gasteiger partial charge in [0.05, 0.1) is 23.2 Å². The average Bonchev–Trinajstić information content (AvgIpc) is 3.49. The molecule has 3 N–H and O–H groups in total. The highest BCUT2D eigenvalue weighted by Gasteiger charge is 2.28. The third-order valence-corrected chi connectivity index (χ3v) is 5.92. The minimum absolute atomic E-state index is 0.104. The maximum absolute atomic E-state index is 15.9. The van der Waals surface area contributed by atoms with Crippen LogP contribution in [-0.2, 0) is 4.74 Å². The second kappa shape index (κ2) is 10.6. The number of hydrogen-bond donors (Lipinski definition) is 3. The number of nitrogens with one attached hydrogen (secondary N) is 3. The lowest BCUT2D eigenvalue weighted by atomic mass is 9.97. The van der Waals surface area contributed by atoms with Crippen molar-refractivity contribution in [2.75, 3.05) is 18.5 Å². The second-order valence-corrected chi connectivity index (χ2v) is 8.40. The molecule has 1 fully saturated rings. The molecule has 2 amide bonds. The molecule has 10 heteroatoms. The van der Waals surface area contributed by atoms with E-state index in [1.165, 1.54) is 0 Å². The Morgan fingerprint density at radius 2 is 2.21 bits per heavy atom. The molecule has 34 heavy (non-hydrogen) atoms. The number of fused-ring (bicyclic) bond motifs is 1. The first-order valence-electron chi connectivity index (χ1n) is 11.6. The van der Waals surface area contributed by atoms with Crippen LogP contribution in [-0.4, -0.2) is 39.1 Å². The molecule has 2 aromatic heterocycles. The predicted molar refractivity (Wildman–Crippen MR) is 126 cm³/mol. The predicted octanol–water partition coefficient (Wildman–Crippen LogP) is 4.95. The van der Waals surface area contributed by atoms with Crippen LogP contribution in [0, 0.1) is 17.1 Å². The third-order valence-electron chi connectivity index (χ3n) is 5.92. The molecular formula is C24H28FN7O2. The maximum atomic E-state index is 15.9. The fraction of sp³-hybridized carbons (Fsp3) is 0.458. The molecule has 1 aromatic carbocycles. The second-order valence-electron chi connectivity index (χ2n) is 8.40. The Bertz CT molecular complexity index is 1200. The van der Waals surface area contributed by atoms with Crippen molar-refractivity contribution in [3.8, 4) is 17.2 Å². The number of aromatic amines is 1. The number of carbonyl (C=O) groups is 1. The van der Waals surface area contributed by atoms with Crippen LogP contribution in [0.4, 0.5) is 15.1 Å². The highest BCUT2D eigenvalue weighted by atomic mass is 19.1. The zero-order chi connectivity index (χ0) is 24.1. The summed E-state index contributed by atoms with van der Waals surface area (Å²) in [6, 6.07) is 3.41. The van der Waals surface area contributed by atoms with Gasteiger partial charge in [-0.2, -0.15) is 5.26 Å². The number of carbonyl (C=O) groups excluding carboxylic acids is 1. The molecule has 2 unspecified atom stereocenters. The van der Waals surface area contributed by atoms with Crippen molar-refractivity contribution >= 4 is 23.0 Å². The van der Waals surface area contributed by atoms with Crippen molar-refractivity contribution in [1.82, 2.24) is 25.3 Å². The van der Waals surface area contributed by atoms with Crippen molar-refractivity contribution in [2.24, 2.45) is 0 Å². The van der Waals surface area contributed by atoms with Crippen LogP contribution >= 0.6 is 0 Å². The van der Waals surface area contributed by atoms with E-state index in [-0.39, 0.29) is 11.9 Å². The number of aromatic nitrogens is 4. The van der Waals surface area contributed by atoms with E-state index in [2.05, 4.69) is 36.6 Å². The number of anilines is 1. The number of halogens is 1. The Kier molecular flexibility index (Phi) is 7.33. The minimum atomic E-state index is -0.422. The summed E-state index contributed by atoms with van der Waals surface area (Å²) < 4.78 is 21.7. The van der Waals surface area contributed by atoms with Crippen LogP contribution in [0.15, 0.2) is 18.5 Å². The summed E-state index contributed by atoms with van der Waals surface area (Å²) >= 11 is 0. The molecule has 9 nitrogen and oxygen atoms in total. The van der Waals surface area contributed by atoms with Crippen LogP contribution in [0.2, 0.25) is 0 Å². The highest BCUT2D eigenvalue weighted by Crippen LogP contribution is 2.39. The average molecular weight is 466 g/mol. The van der Waals surface area contributed by atoms with E-state index in [1.807, 2.05) is 13.8 Å². The number of rotatable bonds is 8. The number of unbranched alkanes of at least 4 members (excludes halogenated alkanes) is 1. The van der Waals surface area contributed by atoms with Gasteiger partial charge in [0, 0.05) is 54.6 Å². The molecule has 0 radical (unpaired) electrons. The van der Waals surface area contributed by atoms with Crippen molar-refractivity contribution in [1.29, 1.82) is 5.26 Å². The molecule has 3 aromatic rings. The summed E-state index contributed by atoms with van der Waals surface area (Å²) in [5.41, 5.74) is 2.28. The van der Waals surface area contributed by atoms with Crippen molar-refractivity contribution in [3.63, 3.8) is 0 Å². The van der Waals surface area contributed by atoms with E-state index in [9.17, 15) is 4.79 Å². The monoisotopic (exact) mass is 465 g/mol. The van der Waals surface area contributed by atoms with Crippen LogP contribution in [0.3, 0.4) is 0 Å². The zero-order valence-corrected chi connectivity index (χ0v) is 19.3. The number of amides is 2. The minimum Gasteiger partial charge on any atom is -0.373 e. The summed E-state index contributed by atoms with van der Waals surface area (Å²) in [5, 5.41) is 14.0. The molecule has 0 saturated carbocycles. The molecular weight excluding hydrogens is 437 g/mol. The van der Waals surface area contributed by atoms with Crippen LogP contribution in [0.5, 0.6) is 0 Å². The third kappa shape index (κ3) is 4.99. The number of nitrogens with zero attached hydrogens (tertiary/aromatic N) is 4. The Balaban J connectivity index is 1.70. The topological polar surface area (TPSA) is 129 Å². The maximum Gasteiger partial charge on any atom is 0.321 e. The Morgan fingerprint density at radius 3 is 2.88 bits per heavy atom. The molecule has 1 saturated heterocycles. The molecule has 1 aliphatic rings. The van der Waals surface area contributed by atoms with Crippen LogP contribution in [0.1, 0.15) is 69.4 Å². The molecule has 0 bridgehead atoms. The summed E-state index contributed by atoms with van der Waals surface area (Å²) in [6.07, 6.45) is 6.46. The molecule has 3 heterocycles. The molecule has 0 spiro atoms. The molecule has 1 aliphatic heterocycles. The lowest BCUT2D eigenvalue weighted by Crippen LogP contribution is -2.28. The number of benzene rings is 1. The normalized spacial score (nSPS) is 16.4. The van der Waals surface area contributed by atoms with Gasteiger partial charge in [0.2, 0.25) is 5.95 Å². The van der Waals surface area contributed by atoms with Gasteiger partial charge in [0.25, 0.3) is 0 Å². The number of urea groups is 1.